The smallest absolute Gasteiger partial charge is 0.315 e. The molecular formula is C21H19FN4O3S. The number of halogens is 1. The summed E-state index contributed by atoms with van der Waals surface area (Å²) in [5, 5.41) is 12.3. The quantitative estimate of drug-likeness (QED) is 0.465. The zero-order valence-corrected chi connectivity index (χ0v) is 16.6. The fourth-order valence-electron chi connectivity index (χ4n) is 2.49. The van der Waals surface area contributed by atoms with Gasteiger partial charge >= 0.3 is 6.03 Å². The van der Waals surface area contributed by atoms with Gasteiger partial charge in [0.25, 0.3) is 5.91 Å². The summed E-state index contributed by atoms with van der Waals surface area (Å²) in [7, 11) is 0. The molecule has 3 rings (SSSR count). The van der Waals surface area contributed by atoms with Crippen molar-refractivity contribution in [3.05, 3.63) is 82.3 Å². The molecule has 0 aliphatic carbocycles. The fraction of sp³-hybridized carbons (Fsp3) is 0.0952. The van der Waals surface area contributed by atoms with E-state index < -0.39 is 11.9 Å². The first-order valence-electron chi connectivity index (χ1n) is 9.00. The van der Waals surface area contributed by atoms with Crippen LogP contribution in [0.5, 0.6) is 0 Å². The third-order valence-electron chi connectivity index (χ3n) is 3.92. The molecular weight excluding hydrogens is 407 g/mol. The van der Waals surface area contributed by atoms with Gasteiger partial charge < -0.3 is 21.3 Å². The molecule has 9 heteroatoms. The van der Waals surface area contributed by atoms with Crippen LogP contribution >= 0.6 is 11.3 Å². The summed E-state index contributed by atoms with van der Waals surface area (Å²) in [5.74, 6) is -1.00. The lowest BCUT2D eigenvalue weighted by atomic mass is 10.2. The maximum absolute atomic E-state index is 12.9. The molecule has 7 nitrogen and oxygen atoms in total. The van der Waals surface area contributed by atoms with E-state index in [1.54, 1.807) is 48.5 Å². The van der Waals surface area contributed by atoms with Gasteiger partial charge in [-0.2, -0.15) is 0 Å². The lowest BCUT2D eigenvalue weighted by molar-refractivity contribution is -0.115. The van der Waals surface area contributed by atoms with E-state index in [0.29, 0.717) is 16.3 Å². The Hall–Kier alpha value is -3.72. The summed E-state index contributed by atoms with van der Waals surface area (Å²) in [4.78, 5) is 36.6. The molecule has 0 fully saturated rings. The number of carbonyl (C=O) groups is 3. The number of thiophene rings is 1. The summed E-state index contributed by atoms with van der Waals surface area (Å²) < 4.78 is 12.9. The van der Waals surface area contributed by atoms with Crippen LogP contribution in [0.15, 0.2) is 66.0 Å². The van der Waals surface area contributed by atoms with E-state index in [9.17, 15) is 18.8 Å². The largest absolute Gasteiger partial charge is 0.334 e. The third-order valence-corrected chi connectivity index (χ3v) is 4.79. The molecule has 3 aromatic rings. The highest BCUT2D eigenvalue weighted by atomic mass is 32.1. The van der Waals surface area contributed by atoms with Gasteiger partial charge in [0.05, 0.1) is 11.4 Å². The predicted octanol–water partition coefficient (Wildman–Crippen LogP) is 3.58. The molecule has 0 unspecified atom stereocenters. The van der Waals surface area contributed by atoms with Crippen molar-refractivity contribution in [3.8, 4) is 0 Å². The van der Waals surface area contributed by atoms with Gasteiger partial charge in [-0.3, -0.25) is 9.59 Å². The predicted molar refractivity (Wildman–Crippen MR) is 114 cm³/mol. The van der Waals surface area contributed by atoms with Crippen molar-refractivity contribution in [2.45, 2.75) is 6.54 Å². The van der Waals surface area contributed by atoms with E-state index >= 15 is 0 Å². The van der Waals surface area contributed by atoms with E-state index in [-0.39, 0.29) is 24.8 Å². The summed E-state index contributed by atoms with van der Waals surface area (Å²) in [6, 6.07) is 15.4. The first-order chi connectivity index (χ1) is 14.5. The number of urea groups is 1. The van der Waals surface area contributed by atoms with Crippen LogP contribution in [0.4, 0.5) is 20.6 Å². The van der Waals surface area contributed by atoms with Crippen molar-refractivity contribution in [2.75, 3.05) is 17.2 Å². The van der Waals surface area contributed by atoms with E-state index in [2.05, 4.69) is 21.3 Å². The summed E-state index contributed by atoms with van der Waals surface area (Å²) >= 11 is 1.33. The van der Waals surface area contributed by atoms with Crippen LogP contribution in [0.1, 0.15) is 15.2 Å². The van der Waals surface area contributed by atoms with Crippen molar-refractivity contribution < 1.29 is 18.8 Å². The van der Waals surface area contributed by atoms with E-state index in [4.69, 9.17) is 0 Å². The molecule has 0 aliphatic rings. The second kappa shape index (κ2) is 10.2. The van der Waals surface area contributed by atoms with Crippen molar-refractivity contribution >= 4 is 40.6 Å². The molecule has 1 heterocycles. The number of benzene rings is 2. The maximum Gasteiger partial charge on any atom is 0.315 e. The average molecular weight is 426 g/mol. The first-order valence-corrected chi connectivity index (χ1v) is 9.88. The molecule has 0 aliphatic heterocycles. The van der Waals surface area contributed by atoms with Gasteiger partial charge in [0.2, 0.25) is 5.91 Å². The van der Waals surface area contributed by atoms with Crippen LogP contribution in [-0.2, 0) is 11.3 Å². The minimum Gasteiger partial charge on any atom is -0.334 e. The normalized spacial score (nSPS) is 10.2. The van der Waals surface area contributed by atoms with Crippen molar-refractivity contribution in [1.29, 1.82) is 0 Å². The van der Waals surface area contributed by atoms with Crippen LogP contribution < -0.4 is 21.3 Å². The fourth-order valence-corrected chi connectivity index (χ4v) is 3.11. The molecule has 154 valence electrons. The Balaban J connectivity index is 1.43. The number of carbonyl (C=O) groups excluding carboxylic acids is 3. The molecule has 30 heavy (non-hydrogen) atoms. The Morgan fingerprint density at radius 3 is 2.30 bits per heavy atom. The minimum absolute atomic E-state index is 0.208. The maximum atomic E-state index is 12.9. The molecule has 0 bridgehead atoms. The van der Waals surface area contributed by atoms with Crippen LogP contribution in [0.3, 0.4) is 0 Å². The number of anilines is 2. The number of hydrogen-bond donors (Lipinski definition) is 4. The van der Waals surface area contributed by atoms with Crippen molar-refractivity contribution in [3.63, 3.8) is 0 Å². The highest BCUT2D eigenvalue weighted by molar-refractivity contribution is 7.12. The molecule has 2 aromatic carbocycles. The molecule has 1 aromatic heterocycles. The van der Waals surface area contributed by atoms with Crippen LogP contribution in [0.25, 0.3) is 0 Å². The number of rotatable bonds is 7. The molecule has 4 N–H and O–H groups in total. The van der Waals surface area contributed by atoms with Crippen LogP contribution in [0, 0.1) is 5.82 Å². The lowest BCUT2D eigenvalue weighted by Gasteiger charge is -2.10. The first kappa shape index (κ1) is 21.0. The third kappa shape index (κ3) is 6.42. The number of nitrogens with one attached hydrogen (secondary N) is 4. The zero-order chi connectivity index (χ0) is 21.3. The van der Waals surface area contributed by atoms with Crippen molar-refractivity contribution in [2.24, 2.45) is 0 Å². The standard InChI is InChI=1S/C21H19FN4O3S/c22-15-8-6-14(7-9-15)12-23-21(29)24-13-19(27)25-16-3-1-4-17(11-16)26-20(28)18-5-2-10-30-18/h1-11H,12-13H2,(H,25,27)(H,26,28)(H2,23,24,29). The van der Waals surface area contributed by atoms with E-state index in [1.807, 2.05) is 5.38 Å². The van der Waals surface area contributed by atoms with Gasteiger partial charge in [-0.05, 0) is 47.3 Å². The van der Waals surface area contributed by atoms with Gasteiger partial charge in [-0.15, -0.1) is 11.3 Å². The molecule has 0 radical (unpaired) electrons. The van der Waals surface area contributed by atoms with E-state index in [1.165, 1.54) is 23.5 Å². The van der Waals surface area contributed by atoms with Crippen LogP contribution in [-0.4, -0.2) is 24.4 Å². The average Bonchev–Trinajstić information content (AvgIpc) is 3.27. The molecule has 0 saturated carbocycles. The molecule has 0 atom stereocenters. The molecule has 0 saturated heterocycles. The lowest BCUT2D eigenvalue weighted by Crippen LogP contribution is -2.39. The highest BCUT2D eigenvalue weighted by Crippen LogP contribution is 2.17. The Kier molecular flexibility index (Phi) is 7.12. The van der Waals surface area contributed by atoms with Crippen molar-refractivity contribution in [1.82, 2.24) is 10.6 Å². The van der Waals surface area contributed by atoms with Gasteiger partial charge in [0.15, 0.2) is 0 Å². The number of amides is 4. The van der Waals surface area contributed by atoms with Gasteiger partial charge in [0, 0.05) is 17.9 Å². The number of hydrogen-bond acceptors (Lipinski definition) is 4. The van der Waals surface area contributed by atoms with Gasteiger partial charge in [-0.25, -0.2) is 9.18 Å². The highest BCUT2D eigenvalue weighted by Gasteiger charge is 2.09. The zero-order valence-electron chi connectivity index (χ0n) is 15.8. The Morgan fingerprint density at radius 2 is 1.60 bits per heavy atom. The molecule has 4 amide bonds. The van der Waals surface area contributed by atoms with Gasteiger partial charge in [0.1, 0.15) is 5.82 Å². The summed E-state index contributed by atoms with van der Waals surface area (Å²) in [5.41, 5.74) is 1.76. The Bertz CT molecular complexity index is 1020. The second-order valence-electron chi connectivity index (χ2n) is 6.22. The Morgan fingerprint density at radius 1 is 0.867 bits per heavy atom. The Labute approximate surface area is 176 Å². The monoisotopic (exact) mass is 426 g/mol. The molecule has 0 spiro atoms. The second-order valence-corrected chi connectivity index (χ2v) is 7.17. The SMILES string of the molecule is O=C(CNC(=O)NCc1ccc(F)cc1)Nc1cccc(NC(=O)c2cccs2)c1. The minimum atomic E-state index is -0.522. The van der Waals surface area contributed by atoms with Crippen LogP contribution in [0.2, 0.25) is 0 Å². The summed E-state index contributed by atoms with van der Waals surface area (Å²) in [6.45, 7) is -0.0270. The van der Waals surface area contributed by atoms with Gasteiger partial charge in [-0.1, -0.05) is 24.3 Å². The van der Waals surface area contributed by atoms with E-state index in [0.717, 1.165) is 5.56 Å². The topological polar surface area (TPSA) is 99.3 Å². The summed E-state index contributed by atoms with van der Waals surface area (Å²) in [6.07, 6.45) is 0.